The normalized spacial score (nSPS) is 19.4. The second-order valence-electron chi connectivity index (χ2n) is 7.20. The molecule has 1 aliphatic rings. The first-order valence-corrected chi connectivity index (χ1v) is 9.22. The Morgan fingerprint density at radius 1 is 1.26 bits per heavy atom. The van der Waals surface area contributed by atoms with E-state index in [1.54, 1.807) is 30.2 Å². The van der Waals surface area contributed by atoms with Crippen molar-refractivity contribution in [1.29, 1.82) is 0 Å². The summed E-state index contributed by atoms with van der Waals surface area (Å²) in [6.07, 6.45) is 1.19. The minimum Gasteiger partial charge on any atom is -0.493 e. The summed E-state index contributed by atoms with van der Waals surface area (Å²) in [5.74, 6) is 0.454. The van der Waals surface area contributed by atoms with Gasteiger partial charge in [0.15, 0.2) is 11.5 Å². The van der Waals surface area contributed by atoms with Crippen LogP contribution in [0.2, 0.25) is 0 Å². The van der Waals surface area contributed by atoms with Gasteiger partial charge in [-0.25, -0.2) is 0 Å². The number of nitrogens with zero attached hydrogens (tertiary/aromatic N) is 1. The van der Waals surface area contributed by atoms with Crippen LogP contribution in [0.15, 0.2) is 18.2 Å². The van der Waals surface area contributed by atoms with E-state index < -0.39 is 5.97 Å². The quantitative estimate of drug-likeness (QED) is 0.710. The molecular weight excluding hydrogens is 350 g/mol. The standard InChI is InChI=1S/C20H29NO6/c1-13(2)7-8-27-17-6-5-14(9-18(17)26-4)20(24)21-12-16(25-3)10-15(21)11-19(22)23/h5-6,9,13,15-16H,7-8,10-12H2,1-4H3,(H,22,23). The Labute approximate surface area is 160 Å². The summed E-state index contributed by atoms with van der Waals surface area (Å²) in [5.41, 5.74) is 0.440. The fourth-order valence-corrected chi connectivity index (χ4v) is 3.18. The van der Waals surface area contributed by atoms with E-state index in [-0.39, 0.29) is 24.5 Å². The molecule has 7 nitrogen and oxygen atoms in total. The van der Waals surface area contributed by atoms with Gasteiger partial charge in [0.25, 0.3) is 5.91 Å². The summed E-state index contributed by atoms with van der Waals surface area (Å²) < 4.78 is 16.5. The molecule has 2 unspecified atom stereocenters. The summed E-state index contributed by atoms with van der Waals surface area (Å²) in [7, 11) is 3.10. The zero-order valence-corrected chi connectivity index (χ0v) is 16.4. The van der Waals surface area contributed by atoms with Gasteiger partial charge >= 0.3 is 5.97 Å². The fraction of sp³-hybridized carbons (Fsp3) is 0.600. The van der Waals surface area contributed by atoms with Crippen LogP contribution < -0.4 is 9.47 Å². The minimum atomic E-state index is -0.930. The molecule has 2 atom stereocenters. The van der Waals surface area contributed by atoms with Gasteiger partial charge in [-0.1, -0.05) is 13.8 Å². The third-order valence-corrected chi connectivity index (χ3v) is 4.74. The molecule has 0 saturated carbocycles. The number of methoxy groups -OCH3 is 2. The number of amides is 1. The van der Waals surface area contributed by atoms with Crippen LogP contribution in [0, 0.1) is 5.92 Å². The number of benzene rings is 1. The third-order valence-electron chi connectivity index (χ3n) is 4.74. The van der Waals surface area contributed by atoms with Crippen LogP contribution in [0.4, 0.5) is 0 Å². The van der Waals surface area contributed by atoms with Crippen LogP contribution in [0.25, 0.3) is 0 Å². The Morgan fingerprint density at radius 3 is 2.59 bits per heavy atom. The lowest BCUT2D eigenvalue weighted by Crippen LogP contribution is -2.37. The van der Waals surface area contributed by atoms with Crippen molar-refractivity contribution < 1.29 is 28.9 Å². The van der Waals surface area contributed by atoms with Gasteiger partial charge in [0.2, 0.25) is 0 Å². The van der Waals surface area contributed by atoms with E-state index in [2.05, 4.69) is 13.8 Å². The first kappa shape index (κ1) is 21.0. The molecule has 0 aromatic heterocycles. The molecule has 7 heteroatoms. The van der Waals surface area contributed by atoms with Crippen LogP contribution >= 0.6 is 0 Å². The Balaban J connectivity index is 2.15. The van der Waals surface area contributed by atoms with Gasteiger partial charge in [-0.3, -0.25) is 9.59 Å². The highest BCUT2D eigenvalue weighted by Crippen LogP contribution is 2.31. The molecule has 0 spiro atoms. The zero-order chi connectivity index (χ0) is 20.0. The Kier molecular flexibility index (Phi) is 7.47. The Morgan fingerprint density at radius 2 is 2.00 bits per heavy atom. The number of rotatable bonds is 9. The van der Waals surface area contributed by atoms with E-state index in [1.165, 1.54) is 7.11 Å². The molecule has 150 valence electrons. The number of hydrogen-bond donors (Lipinski definition) is 1. The van der Waals surface area contributed by atoms with Gasteiger partial charge in [-0.05, 0) is 37.0 Å². The lowest BCUT2D eigenvalue weighted by Gasteiger charge is -2.23. The molecular formula is C20H29NO6. The second kappa shape index (κ2) is 9.60. The van der Waals surface area contributed by atoms with Crippen molar-refractivity contribution in [2.75, 3.05) is 27.4 Å². The monoisotopic (exact) mass is 379 g/mol. The van der Waals surface area contributed by atoms with Crippen LogP contribution in [0.5, 0.6) is 11.5 Å². The smallest absolute Gasteiger partial charge is 0.305 e. The van der Waals surface area contributed by atoms with Gasteiger partial charge in [-0.15, -0.1) is 0 Å². The fourth-order valence-electron chi connectivity index (χ4n) is 3.18. The van der Waals surface area contributed by atoms with E-state index in [9.17, 15) is 9.59 Å². The van der Waals surface area contributed by atoms with Crippen molar-refractivity contribution in [3.63, 3.8) is 0 Å². The highest BCUT2D eigenvalue weighted by molar-refractivity contribution is 5.95. The number of aliphatic carboxylic acids is 1. The van der Waals surface area contributed by atoms with Gasteiger partial charge < -0.3 is 24.2 Å². The molecule has 0 aliphatic carbocycles. The van der Waals surface area contributed by atoms with Crippen molar-refractivity contribution >= 4 is 11.9 Å². The molecule has 0 bridgehead atoms. The SMILES string of the molecule is COc1cc(C(=O)N2CC(OC)CC2CC(=O)O)ccc1OCCC(C)C. The first-order chi connectivity index (χ1) is 12.8. The maximum Gasteiger partial charge on any atom is 0.305 e. The predicted octanol–water partition coefficient (Wildman–Crippen LogP) is 2.82. The number of carboxylic acid groups (broad SMARTS) is 1. The van der Waals surface area contributed by atoms with Gasteiger partial charge in [0.05, 0.1) is 26.2 Å². The molecule has 1 aromatic carbocycles. The number of carbonyl (C=O) groups is 2. The molecule has 2 rings (SSSR count). The van der Waals surface area contributed by atoms with Crippen LogP contribution in [-0.4, -0.2) is 61.4 Å². The van der Waals surface area contributed by atoms with E-state index in [1.807, 2.05) is 0 Å². The number of carbonyl (C=O) groups excluding carboxylic acids is 1. The van der Waals surface area contributed by atoms with E-state index in [0.717, 1.165) is 6.42 Å². The largest absolute Gasteiger partial charge is 0.493 e. The maximum absolute atomic E-state index is 13.0. The average molecular weight is 379 g/mol. The van der Waals surface area contributed by atoms with Crippen molar-refractivity contribution in [2.45, 2.75) is 45.3 Å². The molecule has 1 fully saturated rings. The second-order valence-corrected chi connectivity index (χ2v) is 7.20. The summed E-state index contributed by atoms with van der Waals surface area (Å²) in [5, 5.41) is 9.13. The topological polar surface area (TPSA) is 85.3 Å². The van der Waals surface area contributed by atoms with Gasteiger partial charge in [0, 0.05) is 25.3 Å². The predicted molar refractivity (Wildman–Crippen MR) is 100 cm³/mol. The van der Waals surface area contributed by atoms with Crippen molar-refractivity contribution in [3.05, 3.63) is 23.8 Å². The molecule has 1 amide bonds. The molecule has 1 aromatic rings. The minimum absolute atomic E-state index is 0.0981. The van der Waals surface area contributed by atoms with Crippen molar-refractivity contribution in [1.82, 2.24) is 4.90 Å². The molecule has 1 N–H and O–H groups in total. The lowest BCUT2D eigenvalue weighted by atomic mass is 10.1. The van der Waals surface area contributed by atoms with Gasteiger partial charge in [-0.2, -0.15) is 0 Å². The van der Waals surface area contributed by atoms with Crippen molar-refractivity contribution in [3.8, 4) is 11.5 Å². The highest BCUT2D eigenvalue weighted by Gasteiger charge is 2.37. The van der Waals surface area contributed by atoms with Crippen LogP contribution in [0.3, 0.4) is 0 Å². The van der Waals surface area contributed by atoms with Gasteiger partial charge in [0.1, 0.15) is 0 Å². The average Bonchev–Trinajstić information content (AvgIpc) is 3.03. The summed E-state index contributed by atoms with van der Waals surface area (Å²) in [4.78, 5) is 25.7. The molecule has 27 heavy (non-hydrogen) atoms. The van der Waals surface area contributed by atoms with E-state index in [4.69, 9.17) is 19.3 Å². The highest BCUT2D eigenvalue weighted by atomic mass is 16.5. The zero-order valence-electron chi connectivity index (χ0n) is 16.4. The summed E-state index contributed by atoms with van der Waals surface area (Å²) in [6, 6.07) is 4.67. The summed E-state index contributed by atoms with van der Waals surface area (Å²) in [6.45, 7) is 5.20. The van der Waals surface area contributed by atoms with Crippen LogP contribution in [0.1, 0.15) is 43.5 Å². The number of hydrogen-bond acceptors (Lipinski definition) is 5. The Hall–Kier alpha value is -2.28. The first-order valence-electron chi connectivity index (χ1n) is 9.22. The molecule has 1 heterocycles. The molecule has 1 aliphatic heterocycles. The number of likely N-dealkylation sites (tertiary alicyclic amines) is 1. The lowest BCUT2D eigenvalue weighted by molar-refractivity contribution is -0.138. The number of ether oxygens (including phenoxy) is 3. The van der Waals surface area contributed by atoms with Crippen molar-refractivity contribution in [2.24, 2.45) is 5.92 Å². The third kappa shape index (κ3) is 5.60. The van der Waals surface area contributed by atoms with Crippen LogP contribution in [-0.2, 0) is 9.53 Å². The van der Waals surface area contributed by atoms with E-state index in [0.29, 0.717) is 42.6 Å². The Bertz CT molecular complexity index is 660. The number of carboxylic acids is 1. The maximum atomic E-state index is 13.0. The molecule has 0 radical (unpaired) electrons. The summed E-state index contributed by atoms with van der Waals surface area (Å²) >= 11 is 0. The molecule has 1 saturated heterocycles. The van der Waals surface area contributed by atoms with E-state index >= 15 is 0 Å².